The summed E-state index contributed by atoms with van der Waals surface area (Å²) in [6.45, 7) is 9.32. The number of ether oxygens (including phenoxy) is 1. The van der Waals surface area contributed by atoms with Crippen LogP contribution in [0.1, 0.15) is 74.8 Å². The predicted molar refractivity (Wildman–Crippen MR) is 367 cm³/mol. The number of carbonyl (C=O) groups is 1. The number of aryl methyl sites for hydroxylation is 2. The van der Waals surface area contributed by atoms with E-state index in [-0.39, 0.29) is 21.6 Å². The number of aromatic nitrogens is 11. The molecule has 0 fully saturated rings. The van der Waals surface area contributed by atoms with Crippen LogP contribution in [0.4, 0.5) is 0 Å². The molecule has 1 atom stereocenters. The van der Waals surface area contributed by atoms with Crippen LogP contribution in [0.5, 0.6) is 0 Å². The number of unbranched alkanes of at least 4 members (excludes halogenated alkanes) is 1. The molecule has 16 nitrogen and oxygen atoms in total. The fourth-order valence-electron chi connectivity index (χ4n) is 7.61. The molecule has 0 aliphatic heterocycles. The lowest BCUT2D eigenvalue weighted by Crippen LogP contribution is -2.14. The van der Waals surface area contributed by atoms with Crippen LogP contribution in [0.25, 0.3) is 45.6 Å². The topological polar surface area (TPSA) is 228 Å². The molecule has 0 saturated carbocycles. The first-order chi connectivity index (χ1) is 43.4. The number of carbonyl (C=O) groups excluding carboxylic acids is 1. The number of hydrogen-bond donors (Lipinski definition) is 1. The van der Waals surface area contributed by atoms with Gasteiger partial charge in [-0.05, 0) is 57.0 Å². The molecule has 89 heavy (non-hydrogen) atoms. The monoisotopic (exact) mass is 1430 g/mol. The Labute approximate surface area is 557 Å². The number of rotatable bonds is 21. The highest BCUT2D eigenvalue weighted by atomic mass is 79.9. The zero-order valence-corrected chi connectivity index (χ0v) is 57.5. The molecule has 460 valence electrons. The van der Waals surface area contributed by atoms with Crippen molar-refractivity contribution in [1.29, 1.82) is 0 Å². The quantitative estimate of drug-likeness (QED) is 0.0521. The molecule has 2 N–H and O–H groups in total. The molecule has 0 radical (unpaired) electrons. The minimum Gasteiger partial charge on any atom is -0.465 e. The summed E-state index contributed by atoms with van der Waals surface area (Å²) in [6.07, 6.45) is 25.5. The first-order valence-corrected chi connectivity index (χ1v) is 35.8. The summed E-state index contributed by atoms with van der Waals surface area (Å²) in [4.78, 5) is 60.7. The molecule has 11 rings (SSSR count). The number of nitrogens with two attached hydrogens (primary N) is 1. The maximum atomic E-state index is 12.5. The van der Waals surface area contributed by atoms with Crippen molar-refractivity contribution in [1.82, 2.24) is 54.8 Å². The van der Waals surface area contributed by atoms with E-state index in [4.69, 9.17) is 10.5 Å². The van der Waals surface area contributed by atoms with Crippen LogP contribution in [-0.4, -0.2) is 81.6 Å². The van der Waals surface area contributed by atoms with Gasteiger partial charge in [0.1, 0.15) is 14.1 Å². The van der Waals surface area contributed by atoms with Gasteiger partial charge >= 0.3 is 5.97 Å². The van der Waals surface area contributed by atoms with E-state index in [1.54, 1.807) is 58.6 Å². The Morgan fingerprint density at radius 2 is 0.989 bits per heavy atom. The van der Waals surface area contributed by atoms with E-state index in [1.165, 1.54) is 40.6 Å². The van der Waals surface area contributed by atoms with Gasteiger partial charge in [0.25, 0.3) is 0 Å². The normalized spacial score (nSPS) is 11.0. The average molecular weight is 1430 g/mol. The third kappa shape index (κ3) is 23.5. The molecule has 0 aliphatic carbocycles. The molecule has 0 aliphatic rings. The zero-order valence-electron chi connectivity index (χ0n) is 49.4. The number of hydrogen-bond acceptors (Lipinski definition) is 21. The third-order valence-electron chi connectivity index (χ3n) is 12.4. The number of sulfone groups is 1. The lowest BCUT2D eigenvalue weighted by atomic mass is 10.0. The van der Waals surface area contributed by atoms with Crippen molar-refractivity contribution in [2.24, 2.45) is 11.7 Å². The maximum Gasteiger partial charge on any atom is 0.306 e. The largest absolute Gasteiger partial charge is 0.465 e. The fraction of sp³-hybridized carbons (Fsp3) is 0.231. The van der Waals surface area contributed by atoms with Crippen molar-refractivity contribution < 1.29 is 17.9 Å². The Morgan fingerprint density at radius 3 is 1.40 bits per heavy atom. The van der Waals surface area contributed by atoms with Crippen molar-refractivity contribution in [3.63, 3.8) is 0 Å². The number of benzene rings is 4. The Bertz CT molecular complexity index is 3900. The van der Waals surface area contributed by atoms with Crippen LogP contribution in [-0.2, 0) is 38.8 Å². The van der Waals surface area contributed by atoms with Crippen LogP contribution in [0.2, 0.25) is 0 Å². The van der Waals surface area contributed by atoms with Gasteiger partial charge < -0.3 is 10.5 Å². The molecular formula is C65H66Br2N12O4S6. The fourth-order valence-corrected chi connectivity index (χ4v) is 14.0. The molecular weight excluding hydrogens is 1370 g/mol. The molecule has 4 aromatic carbocycles. The minimum absolute atomic E-state index is 0.0411. The number of thioether (sulfide) groups is 1. The van der Waals surface area contributed by atoms with Gasteiger partial charge in [0, 0.05) is 81.5 Å². The first kappa shape index (κ1) is 69.6. The Balaban J connectivity index is 0.000000165. The van der Waals surface area contributed by atoms with Crippen molar-refractivity contribution in [2.75, 3.05) is 12.4 Å². The second-order valence-electron chi connectivity index (χ2n) is 18.8. The van der Waals surface area contributed by atoms with E-state index in [2.05, 4.69) is 114 Å². The molecule has 0 spiro atoms. The average Bonchev–Trinajstić information content (AvgIpc) is 2.91. The lowest BCUT2D eigenvalue weighted by Gasteiger charge is -2.14. The summed E-state index contributed by atoms with van der Waals surface area (Å²) in [5.41, 5.74) is 9.36. The smallest absolute Gasteiger partial charge is 0.306 e. The predicted octanol–water partition coefficient (Wildman–Crippen LogP) is 17.0. The SMILES string of the molecule is Brc1cnc(-c2ccccc2)nc1.CCCCC(CC)COC(=O)CCSc1cnc(-c2ccccc2)nc1.CCc1ncc(Br)s1.CCc1ncc(Sc2cnc(-c3ccccc3)nc2)s1.NCc1ncc(S(=O)(=O)c2cnc(-c3ccccc3)nc2)s1. The van der Waals surface area contributed by atoms with Crippen molar-refractivity contribution in [3.05, 3.63) is 213 Å². The van der Waals surface area contributed by atoms with Crippen LogP contribution in [0.3, 0.4) is 0 Å². The third-order valence-corrected chi connectivity index (χ3v) is 20.8. The van der Waals surface area contributed by atoms with E-state index in [1.807, 2.05) is 159 Å². The molecule has 7 heterocycles. The molecule has 7 aromatic heterocycles. The van der Waals surface area contributed by atoms with Gasteiger partial charge in [-0.25, -0.2) is 63.2 Å². The molecule has 0 bridgehead atoms. The number of halogens is 2. The van der Waals surface area contributed by atoms with Crippen molar-refractivity contribution >= 4 is 105 Å². The highest BCUT2D eigenvalue weighted by molar-refractivity contribution is 9.11. The van der Waals surface area contributed by atoms with Crippen LogP contribution < -0.4 is 5.73 Å². The number of esters is 1. The van der Waals surface area contributed by atoms with E-state index in [0.717, 1.165) is 94.0 Å². The Kier molecular flexibility index (Phi) is 29.7. The summed E-state index contributed by atoms with van der Waals surface area (Å²) in [6, 6.07) is 39.1. The standard InChI is InChI=1S/C21H28N2O2S.C15H13N3S2.C14H12N4O2S2.C10H7BrN2.C5H6BrNS/c1-3-5-9-17(4-2)16-25-20(24)12-13-26-19-14-22-21(23-15-19)18-10-7-6-8-11-18;1-2-13-16-10-14(20-13)19-12-8-17-15(18-9-12)11-6-4-3-5-7-11;15-6-12-16-9-13(21-12)22(19,20)11-7-17-14(18-8-11)10-4-2-1-3-5-10;11-9-6-12-10(13-7-9)8-4-2-1-3-5-8;1-2-5-7-3-4(6)8-5/h6-8,10-11,14-15,17H,3-5,9,12-13,16H2,1-2H3;3-10H,2H2,1H3;1-5,7-9H,6,15H2;1-7H;3H,2H2,1H3. The molecule has 1 unspecified atom stereocenters. The highest BCUT2D eigenvalue weighted by Gasteiger charge is 2.22. The van der Waals surface area contributed by atoms with Crippen LogP contribution in [0.15, 0.2) is 221 Å². The Hall–Kier alpha value is -6.87. The van der Waals surface area contributed by atoms with E-state index >= 15 is 0 Å². The van der Waals surface area contributed by atoms with Crippen LogP contribution in [0, 0.1) is 5.92 Å². The Morgan fingerprint density at radius 1 is 0.539 bits per heavy atom. The second kappa shape index (κ2) is 38.0. The first-order valence-electron chi connectivity index (χ1n) is 28.4. The maximum absolute atomic E-state index is 12.5. The van der Waals surface area contributed by atoms with E-state index in [0.29, 0.717) is 41.4 Å². The zero-order chi connectivity index (χ0) is 63.1. The summed E-state index contributed by atoms with van der Waals surface area (Å²) >= 11 is 14.3. The van der Waals surface area contributed by atoms with E-state index < -0.39 is 9.84 Å². The van der Waals surface area contributed by atoms with Gasteiger partial charge in [0.2, 0.25) is 9.84 Å². The molecule has 24 heteroatoms. The second-order valence-corrected chi connectivity index (χ2v) is 29.2. The molecule has 0 saturated heterocycles. The molecule has 0 amide bonds. The van der Waals surface area contributed by atoms with Gasteiger partial charge in [-0.2, -0.15) is 0 Å². The van der Waals surface area contributed by atoms with E-state index in [9.17, 15) is 13.2 Å². The highest BCUT2D eigenvalue weighted by Crippen LogP contribution is 2.32. The van der Waals surface area contributed by atoms with Gasteiger partial charge in [0.15, 0.2) is 23.3 Å². The van der Waals surface area contributed by atoms with Gasteiger partial charge in [-0.1, -0.05) is 180 Å². The van der Waals surface area contributed by atoms with Crippen LogP contribution >= 0.6 is 89.4 Å². The van der Waals surface area contributed by atoms with Gasteiger partial charge in [-0.15, -0.1) is 45.8 Å². The van der Waals surface area contributed by atoms with Crippen molar-refractivity contribution in [2.45, 2.75) is 102 Å². The molecule has 11 aromatic rings. The summed E-state index contributed by atoms with van der Waals surface area (Å²) in [5.74, 6) is 3.76. The summed E-state index contributed by atoms with van der Waals surface area (Å²) in [7, 11) is -3.65. The van der Waals surface area contributed by atoms with Gasteiger partial charge in [-0.3, -0.25) is 4.79 Å². The lowest BCUT2D eigenvalue weighted by molar-refractivity contribution is -0.144. The number of thiazole rings is 3. The minimum atomic E-state index is -3.65. The van der Waals surface area contributed by atoms with Gasteiger partial charge in [0.05, 0.1) is 66.5 Å². The van der Waals surface area contributed by atoms with Crippen molar-refractivity contribution in [3.8, 4) is 45.6 Å². The summed E-state index contributed by atoms with van der Waals surface area (Å²) < 4.78 is 33.7. The summed E-state index contributed by atoms with van der Waals surface area (Å²) in [5, 5.41) is 2.92. The number of nitrogens with zero attached hydrogens (tertiary/aromatic N) is 11.